The number of hydrogen-bond acceptors (Lipinski definition) is 3. The van der Waals surface area contributed by atoms with Crippen molar-refractivity contribution in [1.29, 1.82) is 0 Å². The highest BCUT2D eigenvalue weighted by molar-refractivity contribution is 9.10. The molecule has 20 heavy (non-hydrogen) atoms. The number of rotatable bonds is 5. The number of halogens is 1. The second kappa shape index (κ2) is 7.20. The summed E-state index contributed by atoms with van der Waals surface area (Å²) >= 11 is 3.57. The van der Waals surface area contributed by atoms with Gasteiger partial charge in [-0.1, -0.05) is 34.1 Å². The molecule has 110 valence electrons. The van der Waals surface area contributed by atoms with Crippen LogP contribution in [0.1, 0.15) is 18.9 Å². The van der Waals surface area contributed by atoms with E-state index in [1.165, 1.54) is 5.56 Å². The van der Waals surface area contributed by atoms with E-state index in [9.17, 15) is 4.79 Å². The Balaban J connectivity index is 1.81. The fourth-order valence-electron chi connectivity index (χ4n) is 2.57. The van der Waals surface area contributed by atoms with Crippen molar-refractivity contribution in [3.05, 3.63) is 34.3 Å². The highest BCUT2D eigenvalue weighted by Gasteiger charge is 2.28. The maximum Gasteiger partial charge on any atom is 0.247 e. The Labute approximate surface area is 128 Å². The third-order valence-corrected chi connectivity index (χ3v) is 4.31. The van der Waals surface area contributed by atoms with Gasteiger partial charge in [-0.2, -0.15) is 0 Å². The Kier molecular flexibility index (Phi) is 5.57. The zero-order valence-corrected chi connectivity index (χ0v) is 13.3. The lowest BCUT2D eigenvalue weighted by atomic mass is 10.1. The van der Waals surface area contributed by atoms with Gasteiger partial charge in [-0.15, -0.1) is 0 Å². The van der Waals surface area contributed by atoms with Gasteiger partial charge < -0.3 is 10.5 Å². The van der Waals surface area contributed by atoms with Gasteiger partial charge in [0.1, 0.15) is 6.10 Å². The highest BCUT2D eigenvalue weighted by Crippen LogP contribution is 2.18. The molecular formula is C15H21BrN2O2. The van der Waals surface area contributed by atoms with E-state index in [1.807, 2.05) is 13.0 Å². The first-order valence-corrected chi connectivity index (χ1v) is 7.76. The van der Waals surface area contributed by atoms with Crippen LogP contribution in [-0.4, -0.2) is 42.6 Å². The van der Waals surface area contributed by atoms with Crippen LogP contribution in [0.15, 0.2) is 28.7 Å². The molecule has 1 aliphatic rings. The average Bonchev–Trinajstić information content (AvgIpc) is 2.40. The number of carbonyl (C=O) groups is 1. The topological polar surface area (TPSA) is 55.6 Å². The number of hydrogen-bond donors (Lipinski definition) is 1. The number of primary amides is 1. The van der Waals surface area contributed by atoms with Crippen LogP contribution < -0.4 is 5.73 Å². The predicted octanol–water partition coefficient (Wildman–Crippen LogP) is 1.96. The molecule has 0 unspecified atom stereocenters. The molecule has 2 N–H and O–H groups in total. The average molecular weight is 341 g/mol. The zero-order valence-electron chi connectivity index (χ0n) is 11.7. The van der Waals surface area contributed by atoms with Crippen molar-refractivity contribution in [3.63, 3.8) is 0 Å². The summed E-state index contributed by atoms with van der Waals surface area (Å²) < 4.78 is 6.70. The molecule has 1 heterocycles. The van der Waals surface area contributed by atoms with E-state index in [2.05, 4.69) is 39.0 Å². The number of morpholine rings is 1. The van der Waals surface area contributed by atoms with E-state index in [0.29, 0.717) is 6.54 Å². The molecule has 2 rings (SSSR count). The monoisotopic (exact) mass is 340 g/mol. The van der Waals surface area contributed by atoms with Gasteiger partial charge in [0, 0.05) is 17.6 Å². The summed E-state index contributed by atoms with van der Waals surface area (Å²) in [6.45, 7) is 4.41. The Morgan fingerprint density at radius 2 is 2.20 bits per heavy atom. The molecule has 1 aliphatic heterocycles. The van der Waals surface area contributed by atoms with Crippen LogP contribution in [0.5, 0.6) is 0 Å². The van der Waals surface area contributed by atoms with Crippen molar-refractivity contribution < 1.29 is 9.53 Å². The first-order chi connectivity index (χ1) is 9.56. The van der Waals surface area contributed by atoms with Crippen LogP contribution >= 0.6 is 15.9 Å². The molecule has 0 radical (unpaired) electrons. The second-order valence-electron chi connectivity index (χ2n) is 5.29. The van der Waals surface area contributed by atoms with Crippen molar-refractivity contribution in [3.8, 4) is 0 Å². The fourth-order valence-corrected chi connectivity index (χ4v) is 3.06. The van der Waals surface area contributed by atoms with E-state index in [-0.39, 0.29) is 12.0 Å². The molecule has 2 atom stereocenters. The number of carbonyl (C=O) groups excluding carboxylic acids is 1. The minimum atomic E-state index is -0.470. The zero-order chi connectivity index (χ0) is 14.5. The van der Waals surface area contributed by atoms with E-state index in [4.69, 9.17) is 10.5 Å². The lowest BCUT2D eigenvalue weighted by Crippen LogP contribution is -2.51. The van der Waals surface area contributed by atoms with Crippen LogP contribution in [-0.2, 0) is 16.0 Å². The van der Waals surface area contributed by atoms with Crippen molar-refractivity contribution in [1.82, 2.24) is 4.90 Å². The maximum atomic E-state index is 11.2. The highest BCUT2D eigenvalue weighted by atomic mass is 79.9. The number of amides is 1. The van der Waals surface area contributed by atoms with Crippen LogP contribution in [0.3, 0.4) is 0 Å². The smallest absolute Gasteiger partial charge is 0.247 e. The largest absolute Gasteiger partial charge is 0.367 e. The number of aryl methyl sites for hydroxylation is 1. The number of ether oxygens (including phenoxy) is 1. The number of benzene rings is 1. The van der Waals surface area contributed by atoms with Gasteiger partial charge in [0.25, 0.3) is 0 Å². The van der Waals surface area contributed by atoms with Gasteiger partial charge >= 0.3 is 0 Å². The normalized spacial score (nSPS) is 23.7. The molecule has 1 amide bonds. The summed E-state index contributed by atoms with van der Waals surface area (Å²) in [6, 6.07) is 8.28. The van der Waals surface area contributed by atoms with E-state index >= 15 is 0 Å². The molecule has 1 saturated heterocycles. The fraction of sp³-hybridized carbons (Fsp3) is 0.533. The summed E-state index contributed by atoms with van der Waals surface area (Å²) in [5.41, 5.74) is 6.65. The van der Waals surface area contributed by atoms with Gasteiger partial charge in [0.05, 0.1) is 6.10 Å². The van der Waals surface area contributed by atoms with Crippen LogP contribution in [0, 0.1) is 0 Å². The first kappa shape index (κ1) is 15.5. The second-order valence-corrected chi connectivity index (χ2v) is 6.15. The molecule has 0 bridgehead atoms. The van der Waals surface area contributed by atoms with Crippen molar-refractivity contribution in [2.45, 2.75) is 32.0 Å². The minimum Gasteiger partial charge on any atom is -0.367 e. The van der Waals surface area contributed by atoms with Crippen LogP contribution in [0.2, 0.25) is 0 Å². The lowest BCUT2D eigenvalue weighted by Gasteiger charge is -2.35. The van der Waals surface area contributed by atoms with Gasteiger partial charge in [-0.3, -0.25) is 9.69 Å². The lowest BCUT2D eigenvalue weighted by molar-refractivity contribution is -0.142. The van der Waals surface area contributed by atoms with Crippen LogP contribution in [0.4, 0.5) is 0 Å². The van der Waals surface area contributed by atoms with Crippen LogP contribution in [0.25, 0.3) is 0 Å². The molecule has 1 aromatic rings. The quantitative estimate of drug-likeness (QED) is 0.891. The molecule has 1 aromatic carbocycles. The van der Waals surface area contributed by atoms with E-state index in [0.717, 1.165) is 30.4 Å². The number of nitrogens with zero attached hydrogens (tertiary/aromatic N) is 1. The third-order valence-electron chi connectivity index (χ3n) is 3.53. The molecule has 0 spiro atoms. The predicted molar refractivity (Wildman–Crippen MR) is 82.4 cm³/mol. The standard InChI is InChI=1S/C15H21BrN2O2/c1-11-9-18(10-14(20-11)15(17)19)8-4-6-12-5-2-3-7-13(12)16/h2-3,5,7,11,14H,4,6,8-10H2,1H3,(H2,17,19)/t11-,14-/m1/s1. The Bertz CT molecular complexity index is 467. The first-order valence-electron chi connectivity index (χ1n) is 6.97. The molecular weight excluding hydrogens is 320 g/mol. The molecule has 4 nitrogen and oxygen atoms in total. The van der Waals surface area contributed by atoms with Gasteiger partial charge in [-0.05, 0) is 37.9 Å². The minimum absolute atomic E-state index is 0.0599. The van der Waals surface area contributed by atoms with E-state index < -0.39 is 6.10 Å². The Morgan fingerprint density at radius 1 is 1.45 bits per heavy atom. The van der Waals surface area contributed by atoms with Gasteiger partial charge in [-0.25, -0.2) is 0 Å². The molecule has 5 heteroatoms. The summed E-state index contributed by atoms with van der Waals surface area (Å²) in [5.74, 6) is -0.368. The summed E-state index contributed by atoms with van der Waals surface area (Å²) in [4.78, 5) is 13.5. The third kappa shape index (κ3) is 4.30. The summed E-state index contributed by atoms with van der Waals surface area (Å²) in [5, 5.41) is 0. The SMILES string of the molecule is C[C@@H]1CN(CCCc2ccccc2Br)C[C@H](C(N)=O)O1. The van der Waals surface area contributed by atoms with Gasteiger partial charge in [0.15, 0.2) is 0 Å². The maximum absolute atomic E-state index is 11.2. The molecule has 0 aromatic heterocycles. The molecule has 1 fully saturated rings. The van der Waals surface area contributed by atoms with Crippen molar-refractivity contribution >= 4 is 21.8 Å². The summed E-state index contributed by atoms with van der Waals surface area (Å²) in [6.07, 6.45) is 1.67. The van der Waals surface area contributed by atoms with Crippen molar-refractivity contribution in [2.75, 3.05) is 19.6 Å². The summed E-state index contributed by atoms with van der Waals surface area (Å²) in [7, 11) is 0. The molecule has 0 aliphatic carbocycles. The van der Waals surface area contributed by atoms with Gasteiger partial charge in [0.2, 0.25) is 5.91 Å². The Morgan fingerprint density at radius 3 is 2.90 bits per heavy atom. The van der Waals surface area contributed by atoms with Crippen molar-refractivity contribution in [2.24, 2.45) is 5.73 Å². The number of nitrogens with two attached hydrogens (primary N) is 1. The Hall–Kier alpha value is -0.910. The van der Waals surface area contributed by atoms with E-state index in [1.54, 1.807) is 0 Å². The molecule has 0 saturated carbocycles.